The molecule has 0 N–H and O–H groups in total. The molecule has 2 aromatic carbocycles. The molecule has 1 aliphatic heterocycles. The monoisotopic (exact) mass is 513 g/mol. The highest BCUT2D eigenvalue weighted by Crippen LogP contribution is 2.37. The SMILES string of the molecule is CCOc1cc(/C=C2/SC(=O)N(Cc3ccc(F)cc3)C2=O)cc(I)c1OC. The van der Waals surface area contributed by atoms with Crippen LogP contribution in [0.2, 0.25) is 0 Å². The van der Waals surface area contributed by atoms with Crippen LogP contribution in [-0.4, -0.2) is 29.8 Å². The van der Waals surface area contributed by atoms with Crippen LogP contribution in [0, 0.1) is 9.39 Å². The maximum atomic E-state index is 13.1. The van der Waals surface area contributed by atoms with Crippen LogP contribution in [0.15, 0.2) is 41.3 Å². The molecule has 0 radical (unpaired) electrons. The molecule has 0 unspecified atom stereocenters. The molecule has 0 spiro atoms. The maximum Gasteiger partial charge on any atom is 0.293 e. The van der Waals surface area contributed by atoms with Gasteiger partial charge in [0.25, 0.3) is 11.1 Å². The molecule has 1 saturated heterocycles. The third-order valence-electron chi connectivity index (χ3n) is 3.96. The Morgan fingerprint density at radius 3 is 2.57 bits per heavy atom. The predicted octanol–water partition coefficient (Wildman–Crippen LogP) is 5.07. The molecule has 146 valence electrons. The van der Waals surface area contributed by atoms with E-state index in [4.69, 9.17) is 9.47 Å². The molecule has 1 aliphatic rings. The number of rotatable bonds is 6. The highest BCUT2D eigenvalue weighted by atomic mass is 127. The molecule has 3 rings (SSSR count). The van der Waals surface area contributed by atoms with Crippen LogP contribution < -0.4 is 9.47 Å². The van der Waals surface area contributed by atoms with E-state index in [1.165, 1.54) is 12.1 Å². The van der Waals surface area contributed by atoms with Crippen LogP contribution in [0.3, 0.4) is 0 Å². The van der Waals surface area contributed by atoms with Crippen LogP contribution in [-0.2, 0) is 11.3 Å². The van der Waals surface area contributed by atoms with Gasteiger partial charge in [-0.1, -0.05) is 12.1 Å². The van der Waals surface area contributed by atoms with E-state index in [0.29, 0.717) is 28.6 Å². The number of benzene rings is 2. The Labute approximate surface area is 180 Å². The number of imide groups is 1. The average Bonchev–Trinajstić information content (AvgIpc) is 2.91. The van der Waals surface area contributed by atoms with E-state index in [2.05, 4.69) is 22.6 Å². The van der Waals surface area contributed by atoms with E-state index in [9.17, 15) is 14.0 Å². The van der Waals surface area contributed by atoms with Crippen LogP contribution >= 0.6 is 34.4 Å². The Bertz CT molecular complexity index is 946. The van der Waals surface area contributed by atoms with Gasteiger partial charge in [0.2, 0.25) is 0 Å². The molecule has 0 aliphatic carbocycles. The number of amides is 2. The lowest BCUT2D eigenvalue weighted by molar-refractivity contribution is -0.123. The van der Waals surface area contributed by atoms with Crippen LogP contribution in [0.1, 0.15) is 18.1 Å². The van der Waals surface area contributed by atoms with Crippen LogP contribution in [0.25, 0.3) is 6.08 Å². The summed E-state index contributed by atoms with van der Waals surface area (Å²) in [6, 6.07) is 9.36. The lowest BCUT2D eigenvalue weighted by Crippen LogP contribution is -2.27. The summed E-state index contributed by atoms with van der Waals surface area (Å²) in [4.78, 5) is 26.5. The molecule has 28 heavy (non-hydrogen) atoms. The van der Waals surface area contributed by atoms with E-state index in [1.54, 1.807) is 31.4 Å². The third-order valence-corrected chi connectivity index (χ3v) is 5.67. The summed E-state index contributed by atoms with van der Waals surface area (Å²) in [7, 11) is 1.57. The third kappa shape index (κ3) is 4.49. The van der Waals surface area contributed by atoms with E-state index < -0.39 is 0 Å². The first-order chi connectivity index (χ1) is 13.4. The minimum atomic E-state index is -0.372. The number of carbonyl (C=O) groups is 2. The number of thioether (sulfide) groups is 1. The normalized spacial score (nSPS) is 15.4. The quantitative estimate of drug-likeness (QED) is 0.399. The number of methoxy groups -OCH3 is 1. The average molecular weight is 513 g/mol. The van der Waals surface area contributed by atoms with Crippen molar-refractivity contribution in [3.05, 3.63) is 61.8 Å². The molecule has 0 bridgehead atoms. The van der Waals surface area contributed by atoms with Crippen molar-refractivity contribution in [1.29, 1.82) is 0 Å². The van der Waals surface area contributed by atoms with Gasteiger partial charge in [-0.25, -0.2) is 4.39 Å². The topological polar surface area (TPSA) is 55.8 Å². The highest BCUT2D eigenvalue weighted by molar-refractivity contribution is 14.1. The summed E-state index contributed by atoms with van der Waals surface area (Å²) >= 11 is 3.02. The number of carbonyl (C=O) groups excluding carboxylic acids is 2. The van der Waals surface area contributed by atoms with Gasteiger partial charge in [0.05, 0.1) is 28.7 Å². The lowest BCUT2D eigenvalue weighted by Gasteiger charge is -2.13. The minimum Gasteiger partial charge on any atom is -0.492 e. The number of hydrogen-bond donors (Lipinski definition) is 0. The summed E-state index contributed by atoms with van der Waals surface area (Å²) in [6.45, 7) is 2.45. The molecule has 1 fully saturated rings. The maximum absolute atomic E-state index is 13.1. The smallest absolute Gasteiger partial charge is 0.293 e. The molecular formula is C20H17FINO4S. The van der Waals surface area contributed by atoms with Gasteiger partial charge in [0, 0.05) is 0 Å². The number of nitrogens with zero attached hydrogens (tertiary/aromatic N) is 1. The van der Waals surface area contributed by atoms with Crippen LogP contribution in [0.4, 0.5) is 9.18 Å². The predicted molar refractivity (Wildman–Crippen MR) is 115 cm³/mol. The van der Waals surface area contributed by atoms with Gasteiger partial charge < -0.3 is 9.47 Å². The Hall–Kier alpha value is -2.07. The Balaban J connectivity index is 1.86. The molecule has 0 atom stereocenters. The van der Waals surface area contributed by atoms with E-state index in [0.717, 1.165) is 25.8 Å². The molecule has 0 aromatic heterocycles. The molecule has 5 nitrogen and oxygen atoms in total. The Morgan fingerprint density at radius 2 is 1.93 bits per heavy atom. The fourth-order valence-electron chi connectivity index (χ4n) is 2.69. The van der Waals surface area contributed by atoms with Gasteiger partial charge in [-0.3, -0.25) is 14.5 Å². The second-order valence-electron chi connectivity index (χ2n) is 5.86. The van der Waals surface area contributed by atoms with E-state index in [-0.39, 0.29) is 23.5 Å². The Morgan fingerprint density at radius 1 is 1.21 bits per heavy atom. The largest absolute Gasteiger partial charge is 0.492 e. The second-order valence-corrected chi connectivity index (χ2v) is 8.02. The number of ether oxygens (including phenoxy) is 2. The summed E-state index contributed by atoms with van der Waals surface area (Å²) in [5.41, 5.74) is 1.42. The molecule has 2 aromatic rings. The van der Waals surface area contributed by atoms with Gasteiger partial charge in [-0.2, -0.15) is 0 Å². The molecule has 2 amide bonds. The molecular weight excluding hydrogens is 496 g/mol. The van der Waals surface area contributed by atoms with Gasteiger partial charge in [-0.15, -0.1) is 0 Å². The van der Waals surface area contributed by atoms with Gasteiger partial charge in [0.15, 0.2) is 11.5 Å². The first-order valence-electron chi connectivity index (χ1n) is 8.43. The summed E-state index contributed by atoms with van der Waals surface area (Å²) < 4.78 is 24.9. The summed E-state index contributed by atoms with van der Waals surface area (Å²) in [6.07, 6.45) is 1.67. The Kier molecular flexibility index (Phi) is 6.61. The van der Waals surface area contributed by atoms with Crippen molar-refractivity contribution in [3.63, 3.8) is 0 Å². The van der Waals surface area contributed by atoms with Crippen molar-refractivity contribution >= 4 is 51.6 Å². The molecule has 8 heteroatoms. The van der Waals surface area contributed by atoms with Crippen molar-refractivity contribution in [3.8, 4) is 11.5 Å². The molecule has 1 heterocycles. The van der Waals surface area contributed by atoms with Crippen LogP contribution in [0.5, 0.6) is 11.5 Å². The minimum absolute atomic E-state index is 0.104. The summed E-state index contributed by atoms with van der Waals surface area (Å²) in [5, 5.41) is -0.353. The fraction of sp³-hybridized carbons (Fsp3) is 0.200. The first kappa shape index (κ1) is 20.7. The van der Waals surface area contributed by atoms with Crippen molar-refractivity contribution in [2.24, 2.45) is 0 Å². The van der Waals surface area contributed by atoms with Crippen molar-refractivity contribution in [2.45, 2.75) is 13.5 Å². The van der Waals surface area contributed by atoms with Crippen molar-refractivity contribution in [2.75, 3.05) is 13.7 Å². The zero-order valence-electron chi connectivity index (χ0n) is 15.2. The first-order valence-corrected chi connectivity index (χ1v) is 10.3. The lowest BCUT2D eigenvalue weighted by atomic mass is 10.1. The highest BCUT2D eigenvalue weighted by Gasteiger charge is 2.35. The van der Waals surface area contributed by atoms with E-state index in [1.807, 2.05) is 13.0 Å². The second kappa shape index (κ2) is 8.95. The zero-order chi connectivity index (χ0) is 20.3. The standard InChI is InChI=1S/C20H17FINO4S/c1-3-27-16-9-13(8-15(22)18(16)26-2)10-17-19(24)23(20(25)28-17)11-12-4-6-14(21)7-5-12/h4-10H,3,11H2,1-2H3/b17-10+. The van der Waals surface area contributed by atoms with Gasteiger partial charge in [0.1, 0.15) is 5.82 Å². The van der Waals surface area contributed by atoms with Crippen molar-refractivity contribution in [1.82, 2.24) is 4.90 Å². The number of hydrogen-bond acceptors (Lipinski definition) is 5. The number of halogens is 2. The summed E-state index contributed by atoms with van der Waals surface area (Å²) in [5.74, 6) is 0.470. The van der Waals surface area contributed by atoms with Gasteiger partial charge in [-0.05, 0) is 82.7 Å². The van der Waals surface area contributed by atoms with E-state index >= 15 is 0 Å². The van der Waals surface area contributed by atoms with Crippen molar-refractivity contribution < 1.29 is 23.5 Å². The molecule has 0 saturated carbocycles. The van der Waals surface area contributed by atoms with Gasteiger partial charge >= 0.3 is 0 Å². The zero-order valence-corrected chi connectivity index (χ0v) is 18.2. The fourth-order valence-corrected chi connectivity index (χ4v) is 4.38.